The van der Waals surface area contributed by atoms with Crippen LogP contribution in [0.3, 0.4) is 0 Å². The summed E-state index contributed by atoms with van der Waals surface area (Å²) in [7, 11) is 0. The molecule has 0 aromatic carbocycles. The minimum absolute atomic E-state index is 0.214. The SMILES string of the molecule is CCc1cc(OC(=O)CC(C)=O)n[nH]1. The van der Waals surface area contributed by atoms with Crippen LogP contribution in [0.4, 0.5) is 0 Å². The predicted octanol–water partition coefficient (Wildman–Crippen LogP) is 0.857. The van der Waals surface area contributed by atoms with Gasteiger partial charge in [-0.15, -0.1) is 5.10 Å². The number of Topliss-reactive ketones (excluding diaryl/α,β-unsaturated/α-hetero) is 1. The van der Waals surface area contributed by atoms with Crippen molar-refractivity contribution in [1.29, 1.82) is 0 Å². The second-order valence-corrected chi connectivity index (χ2v) is 2.94. The van der Waals surface area contributed by atoms with Gasteiger partial charge in [0, 0.05) is 11.8 Å². The van der Waals surface area contributed by atoms with Gasteiger partial charge < -0.3 is 4.74 Å². The third-order valence-electron chi connectivity index (χ3n) is 1.60. The number of hydrogen-bond acceptors (Lipinski definition) is 4. The second kappa shape index (κ2) is 4.55. The first-order valence-corrected chi connectivity index (χ1v) is 4.36. The van der Waals surface area contributed by atoms with E-state index >= 15 is 0 Å². The van der Waals surface area contributed by atoms with E-state index in [9.17, 15) is 9.59 Å². The molecule has 0 spiro atoms. The average molecular weight is 196 g/mol. The summed E-state index contributed by atoms with van der Waals surface area (Å²) in [5.74, 6) is -0.582. The number of nitrogens with one attached hydrogen (secondary N) is 1. The molecule has 0 saturated carbocycles. The molecule has 76 valence electrons. The summed E-state index contributed by atoms with van der Waals surface area (Å²) in [4.78, 5) is 21.6. The number of esters is 1. The lowest BCUT2D eigenvalue weighted by Gasteiger charge is -1.96. The van der Waals surface area contributed by atoms with Crippen LogP contribution >= 0.6 is 0 Å². The molecule has 14 heavy (non-hydrogen) atoms. The number of ketones is 1. The highest BCUT2D eigenvalue weighted by molar-refractivity contribution is 5.94. The van der Waals surface area contributed by atoms with Gasteiger partial charge in [0.15, 0.2) is 0 Å². The van der Waals surface area contributed by atoms with Crippen LogP contribution in [-0.4, -0.2) is 21.9 Å². The normalized spacial score (nSPS) is 9.86. The first-order chi connectivity index (χ1) is 6.61. The number of H-pyrrole nitrogens is 1. The van der Waals surface area contributed by atoms with Crippen molar-refractivity contribution in [2.45, 2.75) is 26.7 Å². The zero-order valence-corrected chi connectivity index (χ0v) is 8.16. The van der Waals surface area contributed by atoms with Crippen LogP contribution in [0.15, 0.2) is 6.07 Å². The van der Waals surface area contributed by atoms with Crippen molar-refractivity contribution in [3.8, 4) is 5.88 Å². The highest BCUT2D eigenvalue weighted by atomic mass is 16.5. The molecular formula is C9H12N2O3. The topological polar surface area (TPSA) is 72.1 Å². The van der Waals surface area contributed by atoms with E-state index in [4.69, 9.17) is 4.74 Å². The molecule has 1 rings (SSSR count). The number of hydrogen-bond donors (Lipinski definition) is 1. The molecule has 0 aliphatic rings. The van der Waals surface area contributed by atoms with Gasteiger partial charge in [-0.2, -0.15) is 0 Å². The van der Waals surface area contributed by atoms with Crippen molar-refractivity contribution >= 4 is 11.8 Å². The molecule has 0 fully saturated rings. The number of rotatable bonds is 4. The molecule has 0 unspecified atom stereocenters. The van der Waals surface area contributed by atoms with Crippen LogP contribution in [0.5, 0.6) is 5.88 Å². The highest BCUT2D eigenvalue weighted by Crippen LogP contribution is 2.09. The summed E-state index contributed by atoms with van der Waals surface area (Å²) in [6.07, 6.45) is 0.575. The zero-order valence-electron chi connectivity index (χ0n) is 8.16. The molecule has 0 aliphatic heterocycles. The van der Waals surface area contributed by atoms with Crippen LogP contribution in [0, 0.1) is 0 Å². The molecule has 1 heterocycles. The predicted molar refractivity (Wildman–Crippen MR) is 48.9 cm³/mol. The maximum atomic E-state index is 11.0. The van der Waals surface area contributed by atoms with E-state index in [2.05, 4.69) is 10.2 Å². The van der Waals surface area contributed by atoms with Gasteiger partial charge in [-0.25, -0.2) is 0 Å². The van der Waals surface area contributed by atoms with Crippen LogP contribution in [0.2, 0.25) is 0 Å². The van der Waals surface area contributed by atoms with Crippen LogP contribution < -0.4 is 4.74 Å². The summed E-state index contributed by atoms with van der Waals surface area (Å²) >= 11 is 0. The highest BCUT2D eigenvalue weighted by Gasteiger charge is 2.09. The molecule has 0 radical (unpaired) electrons. The minimum Gasteiger partial charge on any atom is -0.405 e. The number of aromatic nitrogens is 2. The third kappa shape index (κ3) is 3.01. The van der Waals surface area contributed by atoms with Crippen molar-refractivity contribution in [2.75, 3.05) is 0 Å². The molecule has 0 saturated heterocycles. The van der Waals surface area contributed by atoms with E-state index in [0.29, 0.717) is 0 Å². The van der Waals surface area contributed by atoms with Crippen LogP contribution in [0.25, 0.3) is 0 Å². The molecule has 1 aromatic rings. The Labute approximate surface area is 81.5 Å². The molecule has 0 aliphatic carbocycles. The van der Waals surface area contributed by atoms with E-state index < -0.39 is 5.97 Å². The van der Waals surface area contributed by atoms with Crippen molar-refractivity contribution in [1.82, 2.24) is 10.2 Å². The Morgan fingerprint density at radius 3 is 2.79 bits per heavy atom. The lowest BCUT2D eigenvalue weighted by Crippen LogP contribution is -2.11. The van der Waals surface area contributed by atoms with Crippen LogP contribution in [-0.2, 0) is 16.0 Å². The Balaban J connectivity index is 2.51. The summed E-state index contributed by atoms with van der Waals surface area (Å²) < 4.78 is 4.81. The Bertz CT molecular complexity index is 344. The Morgan fingerprint density at radius 1 is 1.57 bits per heavy atom. The maximum absolute atomic E-state index is 11.0. The van der Waals surface area contributed by atoms with Crippen molar-refractivity contribution in [2.24, 2.45) is 0 Å². The molecule has 0 bridgehead atoms. The number of aryl methyl sites for hydroxylation is 1. The minimum atomic E-state index is -0.577. The molecule has 1 N–H and O–H groups in total. The van der Waals surface area contributed by atoms with Gasteiger partial charge in [0.1, 0.15) is 12.2 Å². The van der Waals surface area contributed by atoms with Gasteiger partial charge in [-0.1, -0.05) is 6.92 Å². The Morgan fingerprint density at radius 2 is 2.29 bits per heavy atom. The smallest absolute Gasteiger partial charge is 0.320 e. The molecule has 1 aromatic heterocycles. The molecule has 5 nitrogen and oxygen atoms in total. The average Bonchev–Trinajstić information content (AvgIpc) is 2.50. The van der Waals surface area contributed by atoms with Gasteiger partial charge in [-0.05, 0) is 13.3 Å². The monoisotopic (exact) mass is 196 g/mol. The fourth-order valence-electron chi connectivity index (χ4n) is 0.930. The summed E-state index contributed by atoms with van der Waals surface area (Å²) in [6.45, 7) is 3.29. The first kappa shape index (κ1) is 10.4. The molecule has 0 atom stereocenters. The Hall–Kier alpha value is -1.65. The summed E-state index contributed by atoms with van der Waals surface area (Å²) in [5.41, 5.74) is 0.885. The lowest BCUT2D eigenvalue weighted by atomic mass is 10.3. The van der Waals surface area contributed by atoms with E-state index in [1.807, 2.05) is 6.92 Å². The van der Waals surface area contributed by atoms with E-state index in [0.717, 1.165) is 12.1 Å². The summed E-state index contributed by atoms with van der Waals surface area (Å²) in [5, 5.41) is 6.46. The van der Waals surface area contributed by atoms with Gasteiger partial charge in [0.05, 0.1) is 0 Å². The molecule has 5 heteroatoms. The quantitative estimate of drug-likeness (QED) is 0.572. The van der Waals surface area contributed by atoms with E-state index in [-0.39, 0.29) is 18.1 Å². The third-order valence-corrected chi connectivity index (χ3v) is 1.60. The van der Waals surface area contributed by atoms with Gasteiger partial charge >= 0.3 is 5.97 Å². The largest absolute Gasteiger partial charge is 0.405 e. The molecular weight excluding hydrogens is 184 g/mol. The second-order valence-electron chi connectivity index (χ2n) is 2.94. The number of nitrogens with zero attached hydrogens (tertiary/aromatic N) is 1. The fraction of sp³-hybridized carbons (Fsp3) is 0.444. The number of ether oxygens (including phenoxy) is 1. The van der Waals surface area contributed by atoms with Crippen LogP contribution in [0.1, 0.15) is 26.0 Å². The maximum Gasteiger partial charge on any atom is 0.320 e. The van der Waals surface area contributed by atoms with Crippen molar-refractivity contribution < 1.29 is 14.3 Å². The number of carbonyl (C=O) groups is 2. The number of carbonyl (C=O) groups excluding carboxylic acids is 2. The van der Waals surface area contributed by atoms with E-state index in [1.165, 1.54) is 6.92 Å². The van der Waals surface area contributed by atoms with E-state index in [1.54, 1.807) is 6.07 Å². The zero-order chi connectivity index (χ0) is 10.6. The Kier molecular flexibility index (Phi) is 3.39. The fourth-order valence-corrected chi connectivity index (χ4v) is 0.930. The number of aromatic amines is 1. The van der Waals surface area contributed by atoms with Gasteiger partial charge in [0.25, 0.3) is 0 Å². The van der Waals surface area contributed by atoms with Crippen molar-refractivity contribution in [3.05, 3.63) is 11.8 Å². The lowest BCUT2D eigenvalue weighted by molar-refractivity contribution is -0.137. The standard InChI is InChI=1S/C9H12N2O3/c1-3-7-5-8(11-10-7)14-9(13)4-6(2)12/h5H,3-4H2,1-2H3,(H,10,11). The van der Waals surface area contributed by atoms with Gasteiger partial charge in [0.2, 0.25) is 5.88 Å². The summed E-state index contributed by atoms with van der Waals surface area (Å²) in [6, 6.07) is 1.64. The first-order valence-electron chi connectivity index (χ1n) is 4.36. The van der Waals surface area contributed by atoms with Gasteiger partial charge in [-0.3, -0.25) is 14.7 Å². The van der Waals surface area contributed by atoms with Crippen molar-refractivity contribution in [3.63, 3.8) is 0 Å². The molecule has 0 amide bonds.